The molecule has 0 atom stereocenters. The average Bonchev–Trinajstić information content (AvgIpc) is 2.36. The molecule has 0 bridgehead atoms. The fourth-order valence-electron chi connectivity index (χ4n) is 1.44. The third-order valence-electron chi connectivity index (χ3n) is 2.38. The van der Waals surface area contributed by atoms with Gasteiger partial charge in [-0.25, -0.2) is 8.78 Å². The van der Waals surface area contributed by atoms with Crippen molar-refractivity contribution in [1.82, 2.24) is 0 Å². The van der Waals surface area contributed by atoms with Crippen molar-refractivity contribution in [2.75, 3.05) is 5.32 Å². The van der Waals surface area contributed by atoms with E-state index in [1.165, 1.54) is 18.2 Å². The van der Waals surface area contributed by atoms with Crippen molar-refractivity contribution in [2.45, 2.75) is 0 Å². The molecule has 0 saturated heterocycles. The van der Waals surface area contributed by atoms with Crippen LogP contribution in [-0.4, -0.2) is 11.0 Å². The lowest BCUT2D eigenvalue weighted by Gasteiger charge is -2.07. The lowest BCUT2D eigenvalue weighted by molar-refractivity contribution is 0.102. The van der Waals surface area contributed by atoms with Gasteiger partial charge in [0.1, 0.15) is 5.75 Å². The Bertz CT molecular complexity index is 647. The average molecular weight is 284 g/mol. The van der Waals surface area contributed by atoms with E-state index in [-0.39, 0.29) is 22.0 Å². The molecular formula is C13H8ClF2NO2. The van der Waals surface area contributed by atoms with Crippen LogP contribution in [0.5, 0.6) is 5.75 Å². The highest BCUT2D eigenvalue weighted by Crippen LogP contribution is 2.26. The number of aromatic hydroxyl groups is 1. The summed E-state index contributed by atoms with van der Waals surface area (Å²) >= 11 is 5.81. The number of nitrogens with one attached hydrogen (secondary N) is 1. The first-order valence-corrected chi connectivity index (χ1v) is 5.60. The van der Waals surface area contributed by atoms with Crippen LogP contribution in [0.1, 0.15) is 10.4 Å². The third kappa shape index (κ3) is 3.00. The van der Waals surface area contributed by atoms with Crippen LogP contribution in [0, 0.1) is 11.6 Å². The highest BCUT2D eigenvalue weighted by atomic mass is 35.5. The van der Waals surface area contributed by atoms with Gasteiger partial charge in [-0.15, -0.1) is 0 Å². The molecule has 0 fully saturated rings. The Balaban J connectivity index is 2.23. The molecule has 0 radical (unpaired) electrons. The van der Waals surface area contributed by atoms with Crippen LogP contribution in [-0.2, 0) is 0 Å². The van der Waals surface area contributed by atoms with E-state index >= 15 is 0 Å². The molecule has 0 spiro atoms. The van der Waals surface area contributed by atoms with Gasteiger partial charge in [0.25, 0.3) is 5.91 Å². The molecule has 6 heteroatoms. The van der Waals surface area contributed by atoms with Crippen LogP contribution in [0.3, 0.4) is 0 Å². The molecule has 0 heterocycles. The fourth-order valence-corrected chi connectivity index (χ4v) is 1.66. The van der Waals surface area contributed by atoms with Gasteiger partial charge in [-0.3, -0.25) is 4.79 Å². The van der Waals surface area contributed by atoms with Crippen LogP contribution >= 0.6 is 11.6 Å². The molecule has 0 aliphatic rings. The van der Waals surface area contributed by atoms with E-state index in [1.54, 1.807) is 0 Å². The van der Waals surface area contributed by atoms with E-state index in [0.29, 0.717) is 0 Å². The molecule has 19 heavy (non-hydrogen) atoms. The fraction of sp³-hybridized carbons (Fsp3) is 0. The smallest absolute Gasteiger partial charge is 0.255 e. The minimum absolute atomic E-state index is 0.0389. The summed E-state index contributed by atoms with van der Waals surface area (Å²) in [6.07, 6.45) is 0. The van der Waals surface area contributed by atoms with Gasteiger partial charge in [-0.2, -0.15) is 0 Å². The largest absolute Gasteiger partial charge is 0.508 e. The summed E-state index contributed by atoms with van der Waals surface area (Å²) in [5, 5.41) is 11.7. The Hall–Kier alpha value is -2.14. The monoisotopic (exact) mass is 283 g/mol. The minimum Gasteiger partial charge on any atom is -0.508 e. The van der Waals surface area contributed by atoms with Crippen LogP contribution in [0.25, 0.3) is 0 Å². The first kappa shape index (κ1) is 13.3. The summed E-state index contributed by atoms with van der Waals surface area (Å²) in [4.78, 5) is 11.8. The standard InChI is InChI=1S/C13H8ClF2NO2/c14-9-6-8(18)2-4-12(9)17-13(19)7-1-3-10(15)11(16)5-7/h1-6,18H,(H,17,19). The van der Waals surface area contributed by atoms with E-state index in [0.717, 1.165) is 18.2 Å². The second-order valence-electron chi connectivity index (χ2n) is 3.75. The topological polar surface area (TPSA) is 49.3 Å². The lowest BCUT2D eigenvalue weighted by atomic mass is 10.2. The van der Waals surface area contributed by atoms with Crippen molar-refractivity contribution in [3.63, 3.8) is 0 Å². The maximum Gasteiger partial charge on any atom is 0.255 e. The Morgan fingerprint density at radius 3 is 2.47 bits per heavy atom. The van der Waals surface area contributed by atoms with Crippen molar-refractivity contribution < 1.29 is 18.7 Å². The van der Waals surface area contributed by atoms with Crippen molar-refractivity contribution in [2.24, 2.45) is 0 Å². The summed E-state index contributed by atoms with van der Waals surface area (Å²) in [6.45, 7) is 0. The molecule has 98 valence electrons. The Kier molecular flexibility index (Phi) is 3.66. The second kappa shape index (κ2) is 5.24. The van der Waals surface area contributed by atoms with E-state index in [2.05, 4.69) is 5.32 Å². The quantitative estimate of drug-likeness (QED) is 0.828. The molecule has 1 amide bonds. The zero-order valence-electron chi connectivity index (χ0n) is 9.45. The number of hydrogen-bond donors (Lipinski definition) is 2. The van der Waals surface area contributed by atoms with Gasteiger partial charge >= 0.3 is 0 Å². The number of hydrogen-bond acceptors (Lipinski definition) is 2. The maximum absolute atomic E-state index is 13.0. The zero-order valence-corrected chi connectivity index (χ0v) is 10.2. The van der Waals surface area contributed by atoms with E-state index < -0.39 is 17.5 Å². The molecule has 0 saturated carbocycles. The Labute approximate surface area is 112 Å². The van der Waals surface area contributed by atoms with Crippen LogP contribution in [0.15, 0.2) is 36.4 Å². The van der Waals surface area contributed by atoms with Crippen molar-refractivity contribution in [3.8, 4) is 5.75 Å². The third-order valence-corrected chi connectivity index (χ3v) is 2.70. The van der Waals surface area contributed by atoms with Crippen LogP contribution in [0.2, 0.25) is 5.02 Å². The van der Waals surface area contributed by atoms with E-state index in [4.69, 9.17) is 16.7 Å². The van der Waals surface area contributed by atoms with Crippen molar-refractivity contribution in [1.29, 1.82) is 0 Å². The molecule has 0 aliphatic heterocycles. The predicted molar refractivity (Wildman–Crippen MR) is 67.4 cm³/mol. The van der Waals surface area contributed by atoms with Crippen LogP contribution < -0.4 is 5.32 Å². The first-order valence-electron chi connectivity index (χ1n) is 5.22. The van der Waals surface area contributed by atoms with E-state index in [9.17, 15) is 13.6 Å². The van der Waals surface area contributed by atoms with Crippen molar-refractivity contribution >= 4 is 23.2 Å². The number of anilines is 1. The normalized spacial score (nSPS) is 10.3. The number of benzene rings is 2. The number of carbonyl (C=O) groups excluding carboxylic acids is 1. The molecule has 2 rings (SSSR count). The van der Waals surface area contributed by atoms with Gasteiger partial charge in [-0.05, 0) is 30.3 Å². The predicted octanol–water partition coefficient (Wildman–Crippen LogP) is 3.58. The molecule has 2 aromatic rings. The highest BCUT2D eigenvalue weighted by Gasteiger charge is 2.11. The number of phenols is 1. The van der Waals surface area contributed by atoms with Gasteiger partial charge in [0, 0.05) is 11.6 Å². The van der Waals surface area contributed by atoms with Gasteiger partial charge < -0.3 is 10.4 Å². The molecule has 0 unspecified atom stereocenters. The molecule has 2 aromatic carbocycles. The summed E-state index contributed by atoms with van der Waals surface area (Å²) in [5.74, 6) is -2.81. The molecule has 3 nitrogen and oxygen atoms in total. The second-order valence-corrected chi connectivity index (χ2v) is 4.15. The van der Waals surface area contributed by atoms with Gasteiger partial charge in [0.15, 0.2) is 11.6 Å². The zero-order chi connectivity index (χ0) is 14.0. The summed E-state index contributed by atoms with van der Waals surface area (Å²) in [7, 11) is 0. The van der Waals surface area contributed by atoms with Gasteiger partial charge in [0.05, 0.1) is 10.7 Å². The van der Waals surface area contributed by atoms with E-state index in [1.807, 2.05) is 0 Å². The highest BCUT2D eigenvalue weighted by molar-refractivity contribution is 6.34. The van der Waals surface area contributed by atoms with Gasteiger partial charge in [0.2, 0.25) is 0 Å². The number of halogens is 3. The SMILES string of the molecule is O=C(Nc1ccc(O)cc1Cl)c1ccc(F)c(F)c1. The Morgan fingerprint density at radius 1 is 1.11 bits per heavy atom. The summed E-state index contributed by atoms with van der Waals surface area (Å²) in [5.41, 5.74) is 0.220. The Morgan fingerprint density at radius 2 is 1.84 bits per heavy atom. The molecule has 2 N–H and O–H groups in total. The van der Waals surface area contributed by atoms with Crippen molar-refractivity contribution in [3.05, 3.63) is 58.6 Å². The lowest BCUT2D eigenvalue weighted by Crippen LogP contribution is -2.12. The number of phenolic OH excluding ortho intramolecular Hbond substituents is 1. The minimum atomic E-state index is -1.11. The summed E-state index contributed by atoms with van der Waals surface area (Å²) < 4.78 is 25.7. The molecule has 0 aliphatic carbocycles. The number of amides is 1. The molecular weight excluding hydrogens is 276 g/mol. The van der Waals surface area contributed by atoms with Crippen LogP contribution in [0.4, 0.5) is 14.5 Å². The maximum atomic E-state index is 13.0. The number of rotatable bonds is 2. The van der Waals surface area contributed by atoms with Gasteiger partial charge in [-0.1, -0.05) is 11.6 Å². The number of carbonyl (C=O) groups is 1. The summed E-state index contributed by atoms with van der Waals surface area (Å²) in [6, 6.07) is 6.80. The molecule has 0 aromatic heterocycles. The first-order chi connectivity index (χ1) is 8.97.